The summed E-state index contributed by atoms with van der Waals surface area (Å²) >= 11 is 1.50. The van der Waals surface area contributed by atoms with Crippen molar-refractivity contribution >= 4 is 16.5 Å². The van der Waals surface area contributed by atoms with Gasteiger partial charge in [0.25, 0.3) is 0 Å². The molecule has 0 saturated carbocycles. The highest BCUT2D eigenvalue weighted by Crippen LogP contribution is 2.16. The normalized spacial score (nSPS) is 13.4. The molecule has 0 saturated heterocycles. The van der Waals surface area contributed by atoms with Crippen molar-refractivity contribution in [2.75, 3.05) is 32.6 Å². The van der Waals surface area contributed by atoms with Gasteiger partial charge >= 0.3 is 0 Å². The van der Waals surface area contributed by atoms with Gasteiger partial charge < -0.3 is 4.90 Å². The Morgan fingerprint density at radius 3 is 2.59 bits per heavy atom. The first-order valence-corrected chi connectivity index (χ1v) is 6.56. The van der Waals surface area contributed by atoms with Gasteiger partial charge in [-0.3, -0.25) is 10.3 Å². The fraction of sp³-hybridized carbons (Fsp3) is 0.800. The van der Waals surface area contributed by atoms with Gasteiger partial charge in [0.15, 0.2) is 0 Å². The van der Waals surface area contributed by atoms with E-state index >= 15 is 0 Å². The number of hydrazine groups is 1. The lowest BCUT2D eigenvalue weighted by Crippen LogP contribution is -2.39. The van der Waals surface area contributed by atoms with Crippen molar-refractivity contribution in [3.05, 3.63) is 5.01 Å². The first-order chi connectivity index (χ1) is 8.06. The number of hydrogen-bond acceptors (Lipinski definition) is 7. The van der Waals surface area contributed by atoms with E-state index in [-0.39, 0.29) is 0 Å². The lowest BCUT2D eigenvalue weighted by molar-refractivity contribution is 0.174. The van der Waals surface area contributed by atoms with E-state index in [1.807, 2.05) is 0 Å². The van der Waals surface area contributed by atoms with Gasteiger partial charge in [-0.2, -0.15) is 0 Å². The van der Waals surface area contributed by atoms with Crippen LogP contribution in [0.2, 0.25) is 0 Å². The highest BCUT2D eigenvalue weighted by atomic mass is 32.1. The minimum Gasteiger partial charge on any atom is -0.308 e. The first kappa shape index (κ1) is 14.3. The quantitative estimate of drug-likeness (QED) is 0.551. The topological polar surface area (TPSA) is 70.3 Å². The van der Waals surface area contributed by atoms with Crippen molar-refractivity contribution in [1.29, 1.82) is 0 Å². The third kappa shape index (κ3) is 4.55. The molecule has 1 rings (SSSR count). The number of nitrogens with one attached hydrogen (secondary N) is 1. The average Bonchev–Trinajstić information content (AvgIpc) is 2.72. The van der Waals surface area contributed by atoms with Crippen LogP contribution in [0.1, 0.15) is 18.9 Å². The maximum Gasteiger partial charge on any atom is 0.219 e. The Hall–Kier alpha value is -0.760. The van der Waals surface area contributed by atoms with Gasteiger partial charge in [-0.1, -0.05) is 18.3 Å². The molecule has 0 spiro atoms. The summed E-state index contributed by atoms with van der Waals surface area (Å²) in [4.78, 5) is 4.57. The maximum absolute atomic E-state index is 5.29. The van der Waals surface area contributed by atoms with Crippen LogP contribution in [-0.2, 0) is 6.54 Å². The summed E-state index contributed by atoms with van der Waals surface area (Å²) < 4.78 is 0. The molecule has 0 aliphatic heterocycles. The van der Waals surface area contributed by atoms with Crippen molar-refractivity contribution in [2.45, 2.75) is 26.4 Å². The summed E-state index contributed by atoms with van der Waals surface area (Å²) in [7, 11) is 4.18. The van der Waals surface area contributed by atoms with Crippen LogP contribution < -0.4 is 11.3 Å². The molecule has 1 aromatic heterocycles. The van der Waals surface area contributed by atoms with Crippen molar-refractivity contribution < 1.29 is 0 Å². The summed E-state index contributed by atoms with van der Waals surface area (Å²) in [5, 5.41) is 9.70. The molecule has 1 heterocycles. The van der Waals surface area contributed by atoms with Crippen LogP contribution >= 0.6 is 11.3 Å². The zero-order valence-corrected chi connectivity index (χ0v) is 11.8. The lowest BCUT2D eigenvalue weighted by atomic mass is 10.2. The van der Waals surface area contributed by atoms with E-state index in [1.54, 1.807) is 0 Å². The number of nitrogen functional groups attached to an aromatic ring is 1. The third-order valence-corrected chi connectivity index (χ3v) is 3.43. The van der Waals surface area contributed by atoms with Crippen LogP contribution in [0, 0.1) is 0 Å². The Kier molecular flexibility index (Phi) is 5.76. The van der Waals surface area contributed by atoms with Gasteiger partial charge in [-0.05, 0) is 27.6 Å². The molecule has 3 N–H and O–H groups in total. The van der Waals surface area contributed by atoms with E-state index in [4.69, 9.17) is 5.84 Å². The zero-order chi connectivity index (χ0) is 12.8. The van der Waals surface area contributed by atoms with E-state index < -0.39 is 0 Å². The Morgan fingerprint density at radius 2 is 2.12 bits per heavy atom. The van der Waals surface area contributed by atoms with Crippen molar-refractivity contribution in [3.63, 3.8) is 0 Å². The summed E-state index contributed by atoms with van der Waals surface area (Å²) in [5.41, 5.74) is 2.52. The number of nitrogens with two attached hydrogens (primary N) is 1. The minimum absolute atomic E-state index is 0.494. The number of anilines is 1. The Balaban J connectivity index is 2.56. The SMILES string of the molecule is CCN(Cc1nnc(NN)s1)C(C)CN(C)C. The highest BCUT2D eigenvalue weighted by Gasteiger charge is 2.15. The maximum atomic E-state index is 5.29. The van der Waals surface area contributed by atoms with Gasteiger partial charge in [0, 0.05) is 12.6 Å². The van der Waals surface area contributed by atoms with Crippen LogP contribution in [0.25, 0.3) is 0 Å². The molecule has 6 nitrogen and oxygen atoms in total. The molecule has 1 atom stereocenters. The Bertz CT molecular complexity index is 326. The van der Waals surface area contributed by atoms with E-state index in [2.05, 4.69) is 53.4 Å². The van der Waals surface area contributed by atoms with Gasteiger partial charge in [0.1, 0.15) is 5.01 Å². The van der Waals surface area contributed by atoms with Crippen LogP contribution in [0.4, 0.5) is 5.13 Å². The molecule has 0 bridgehead atoms. The summed E-state index contributed by atoms with van der Waals surface area (Å²) in [6.07, 6.45) is 0. The molecule has 7 heteroatoms. The fourth-order valence-electron chi connectivity index (χ4n) is 1.77. The molecule has 1 unspecified atom stereocenters. The van der Waals surface area contributed by atoms with Gasteiger partial charge in [-0.15, -0.1) is 10.2 Å². The van der Waals surface area contributed by atoms with Gasteiger partial charge in [-0.25, -0.2) is 5.84 Å². The first-order valence-electron chi connectivity index (χ1n) is 5.74. The van der Waals surface area contributed by atoms with Crippen molar-refractivity contribution in [2.24, 2.45) is 5.84 Å². The molecule has 1 aromatic rings. The van der Waals surface area contributed by atoms with Crippen molar-refractivity contribution in [1.82, 2.24) is 20.0 Å². The summed E-state index contributed by atoms with van der Waals surface area (Å²) in [6.45, 7) is 7.25. The largest absolute Gasteiger partial charge is 0.308 e. The predicted octanol–water partition coefficient (Wildman–Crippen LogP) is 0.596. The second kappa shape index (κ2) is 6.85. The number of likely N-dealkylation sites (N-methyl/N-ethyl adjacent to an activating group) is 2. The van der Waals surface area contributed by atoms with E-state index in [0.717, 1.165) is 24.6 Å². The van der Waals surface area contributed by atoms with Gasteiger partial charge in [0.2, 0.25) is 5.13 Å². The van der Waals surface area contributed by atoms with E-state index in [0.29, 0.717) is 11.2 Å². The van der Waals surface area contributed by atoms with E-state index in [9.17, 15) is 0 Å². The van der Waals surface area contributed by atoms with Crippen LogP contribution in [0.3, 0.4) is 0 Å². The molecule has 0 fully saturated rings. The van der Waals surface area contributed by atoms with Crippen molar-refractivity contribution in [3.8, 4) is 0 Å². The third-order valence-electron chi connectivity index (χ3n) is 2.59. The van der Waals surface area contributed by atoms with E-state index in [1.165, 1.54) is 11.3 Å². The average molecular weight is 258 g/mol. The molecule has 98 valence electrons. The Labute approximate surface area is 107 Å². The predicted molar refractivity (Wildman–Crippen MR) is 71.8 cm³/mol. The lowest BCUT2D eigenvalue weighted by Gasteiger charge is -2.28. The van der Waals surface area contributed by atoms with Crippen LogP contribution in [-0.4, -0.2) is 53.2 Å². The highest BCUT2D eigenvalue weighted by molar-refractivity contribution is 7.15. The van der Waals surface area contributed by atoms with Gasteiger partial charge in [0.05, 0.1) is 6.54 Å². The number of nitrogens with zero attached hydrogens (tertiary/aromatic N) is 4. The molecule has 0 aliphatic carbocycles. The summed E-state index contributed by atoms with van der Waals surface area (Å²) in [5.74, 6) is 5.29. The summed E-state index contributed by atoms with van der Waals surface area (Å²) in [6, 6.07) is 0.494. The Morgan fingerprint density at radius 1 is 1.41 bits per heavy atom. The molecule has 0 aromatic carbocycles. The monoisotopic (exact) mass is 258 g/mol. The molecule has 0 radical (unpaired) electrons. The molecular formula is C10H22N6S. The number of rotatable bonds is 7. The standard InChI is InChI=1S/C10H22N6S/c1-5-16(8(2)6-15(3)4)7-9-13-14-10(12-11)17-9/h8H,5-7,11H2,1-4H3,(H,12,14). The number of hydrogen-bond donors (Lipinski definition) is 2. The second-order valence-electron chi connectivity index (χ2n) is 4.32. The molecule has 17 heavy (non-hydrogen) atoms. The smallest absolute Gasteiger partial charge is 0.219 e. The molecule has 0 amide bonds. The fourth-order valence-corrected chi connectivity index (χ4v) is 2.45. The molecular weight excluding hydrogens is 236 g/mol. The second-order valence-corrected chi connectivity index (χ2v) is 5.38. The zero-order valence-electron chi connectivity index (χ0n) is 11.0. The molecule has 0 aliphatic rings. The number of aromatic nitrogens is 2. The van der Waals surface area contributed by atoms with Crippen LogP contribution in [0.15, 0.2) is 0 Å². The minimum atomic E-state index is 0.494. The van der Waals surface area contributed by atoms with Crippen LogP contribution in [0.5, 0.6) is 0 Å².